The predicted molar refractivity (Wildman–Crippen MR) is 78.5 cm³/mol. The molecule has 0 aromatic rings. The SMILES string of the molecule is COCCN(CCOC)C(=O)[C@H](O)COC(=O)/C=C/C(=O)OC. The summed E-state index contributed by atoms with van der Waals surface area (Å²) in [5.74, 6) is -2.20. The molecule has 132 valence electrons. The van der Waals surface area contributed by atoms with Crippen molar-refractivity contribution in [3.8, 4) is 0 Å². The maximum Gasteiger partial charge on any atom is 0.331 e. The molecule has 0 aromatic heterocycles. The Balaban J connectivity index is 4.40. The largest absolute Gasteiger partial charge is 0.466 e. The quantitative estimate of drug-likeness (QED) is 0.368. The first kappa shape index (κ1) is 21.0. The minimum absolute atomic E-state index is 0.270. The highest BCUT2D eigenvalue weighted by Gasteiger charge is 2.23. The van der Waals surface area contributed by atoms with Gasteiger partial charge >= 0.3 is 11.9 Å². The zero-order valence-electron chi connectivity index (χ0n) is 13.5. The van der Waals surface area contributed by atoms with E-state index in [0.717, 1.165) is 19.3 Å². The summed E-state index contributed by atoms with van der Waals surface area (Å²) in [4.78, 5) is 35.5. The molecule has 1 amide bonds. The van der Waals surface area contributed by atoms with Gasteiger partial charge in [0.1, 0.15) is 6.61 Å². The monoisotopic (exact) mass is 333 g/mol. The zero-order chi connectivity index (χ0) is 17.7. The summed E-state index contributed by atoms with van der Waals surface area (Å²) in [7, 11) is 4.14. The lowest BCUT2D eigenvalue weighted by molar-refractivity contribution is -0.150. The Kier molecular flexibility index (Phi) is 11.5. The molecule has 0 aliphatic heterocycles. The molecular formula is C14H23NO8. The molecule has 0 unspecified atom stereocenters. The third kappa shape index (κ3) is 9.61. The molecule has 0 saturated heterocycles. The van der Waals surface area contributed by atoms with Crippen LogP contribution < -0.4 is 0 Å². The predicted octanol–water partition coefficient (Wildman–Crippen LogP) is -1.26. The summed E-state index contributed by atoms with van der Waals surface area (Å²) >= 11 is 0. The van der Waals surface area contributed by atoms with E-state index in [-0.39, 0.29) is 13.1 Å². The van der Waals surface area contributed by atoms with Crippen molar-refractivity contribution in [1.29, 1.82) is 0 Å². The Morgan fingerprint density at radius 2 is 1.52 bits per heavy atom. The molecule has 1 atom stereocenters. The van der Waals surface area contributed by atoms with E-state index in [9.17, 15) is 19.5 Å². The van der Waals surface area contributed by atoms with Gasteiger partial charge in [-0.3, -0.25) is 4.79 Å². The van der Waals surface area contributed by atoms with Gasteiger partial charge in [0, 0.05) is 39.5 Å². The number of carbonyl (C=O) groups is 3. The lowest BCUT2D eigenvalue weighted by atomic mass is 10.3. The Hall–Kier alpha value is -1.97. The van der Waals surface area contributed by atoms with Crippen LogP contribution in [-0.4, -0.2) is 88.2 Å². The van der Waals surface area contributed by atoms with Crippen molar-refractivity contribution in [2.75, 3.05) is 54.2 Å². The fraction of sp³-hybridized carbons (Fsp3) is 0.643. The fourth-order valence-electron chi connectivity index (χ4n) is 1.43. The second-order valence-corrected chi connectivity index (χ2v) is 4.31. The van der Waals surface area contributed by atoms with Crippen molar-refractivity contribution >= 4 is 17.8 Å². The summed E-state index contributed by atoms with van der Waals surface area (Å²) in [6.07, 6.45) is 0.204. The van der Waals surface area contributed by atoms with Gasteiger partial charge in [-0.1, -0.05) is 0 Å². The molecule has 9 nitrogen and oxygen atoms in total. The van der Waals surface area contributed by atoms with Gasteiger partial charge in [0.15, 0.2) is 6.10 Å². The molecular weight excluding hydrogens is 310 g/mol. The topological polar surface area (TPSA) is 112 Å². The highest BCUT2D eigenvalue weighted by molar-refractivity contribution is 5.91. The summed E-state index contributed by atoms with van der Waals surface area (Å²) in [6, 6.07) is 0. The van der Waals surface area contributed by atoms with Gasteiger partial charge in [0.25, 0.3) is 5.91 Å². The van der Waals surface area contributed by atoms with Gasteiger partial charge in [-0.25, -0.2) is 9.59 Å². The number of rotatable bonds is 11. The van der Waals surface area contributed by atoms with Crippen LogP contribution in [0.15, 0.2) is 12.2 Å². The van der Waals surface area contributed by atoms with E-state index in [4.69, 9.17) is 9.47 Å². The average Bonchev–Trinajstić information content (AvgIpc) is 2.56. The highest BCUT2D eigenvalue weighted by atomic mass is 16.5. The minimum Gasteiger partial charge on any atom is -0.466 e. The van der Waals surface area contributed by atoms with Crippen LogP contribution in [0.5, 0.6) is 0 Å². The number of amides is 1. The van der Waals surface area contributed by atoms with Crippen LogP contribution in [0.3, 0.4) is 0 Å². The Morgan fingerprint density at radius 3 is 2.00 bits per heavy atom. The first-order valence-electron chi connectivity index (χ1n) is 6.83. The standard InChI is InChI=1S/C14H23NO8/c1-20-8-6-15(7-9-21-2)14(19)11(16)10-23-13(18)5-4-12(17)22-3/h4-5,11,16H,6-10H2,1-3H3/b5-4+/t11-/m1/s1. The van der Waals surface area contributed by atoms with Gasteiger partial charge in [-0.05, 0) is 0 Å². The van der Waals surface area contributed by atoms with Crippen molar-refractivity contribution < 1.29 is 38.4 Å². The van der Waals surface area contributed by atoms with E-state index in [1.165, 1.54) is 19.1 Å². The van der Waals surface area contributed by atoms with E-state index in [0.29, 0.717) is 13.2 Å². The smallest absolute Gasteiger partial charge is 0.331 e. The van der Waals surface area contributed by atoms with E-state index in [1.807, 2.05) is 0 Å². The van der Waals surface area contributed by atoms with Gasteiger partial charge in [0.05, 0.1) is 20.3 Å². The van der Waals surface area contributed by atoms with Crippen LogP contribution in [-0.2, 0) is 33.3 Å². The van der Waals surface area contributed by atoms with Gasteiger partial charge in [-0.15, -0.1) is 0 Å². The molecule has 0 fully saturated rings. The molecule has 0 bridgehead atoms. The van der Waals surface area contributed by atoms with Crippen molar-refractivity contribution in [3.63, 3.8) is 0 Å². The van der Waals surface area contributed by atoms with Crippen molar-refractivity contribution in [3.05, 3.63) is 12.2 Å². The van der Waals surface area contributed by atoms with Crippen molar-refractivity contribution in [2.45, 2.75) is 6.10 Å². The maximum absolute atomic E-state index is 12.1. The van der Waals surface area contributed by atoms with Crippen LogP contribution in [0.2, 0.25) is 0 Å². The van der Waals surface area contributed by atoms with E-state index in [2.05, 4.69) is 9.47 Å². The molecule has 9 heteroatoms. The van der Waals surface area contributed by atoms with E-state index < -0.39 is 30.6 Å². The first-order valence-corrected chi connectivity index (χ1v) is 6.83. The van der Waals surface area contributed by atoms with Crippen molar-refractivity contribution in [1.82, 2.24) is 4.90 Å². The van der Waals surface area contributed by atoms with Gasteiger partial charge in [0.2, 0.25) is 0 Å². The summed E-state index contributed by atoms with van der Waals surface area (Å²) in [5.41, 5.74) is 0. The number of esters is 2. The number of hydrogen-bond acceptors (Lipinski definition) is 8. The Bertz CT molecular complexity index is 402. The molecule has 1 N–H and O–H groups in total. The number of nitrogens with zero attached hydrogens (tertiary/aromatic N) is 1. The molecule has 0 aliphatic rings. The van der Waals surface area contributed by atoms with Crippen LogP contribution in [0.25, 0.3) is 0 Å². The molecule has 0 spiro atoms. The molecule has 0 saturated carbocycles. The molecule has 0 aromatic carbocycles. The van der Waals surface area contributed by atoms with E-state index >= 15 is 0 Å². The third-order valence-corrected chi connectivity index (χ3v) is 2.67. The third-order valence-electron chi connectivity index (χ3n) is 2.67. The van der Waals surface area contributed by atoms with Crippen LogP contribution in [0.4, 0.5) is 0 Å². The fourth-order valence-corrected chi connectivity index (χ4v) is 1.43. The van der Waals surface area contributed by atoms with Crippen molar-refractivity contribution in [2.24, 2.45) is 0 Å². The number of ether oxygens (including phenoxy) is 4. The first-order chi connectivity index (χ1) is 11.0. The molecule has 0 rings (SSSR count). The van der Waals surface area contributed by atoms with Crippen LogP contribution >= 0.6 is 0 Å². The molecule has 0 aliphatic carbocycles. The summed E-state index contributed by atoms with van der Waals surface area (Å²) in [6.45, 7) is 0.602. The zero-order valence-corrected chi connectivity index (χ0v) is 13.5. The maximum atomic E-state index is 12.1. The second kappa shape index (κ2) is 12.6. The van der Waals surface area contributed by atoms with E-state index in [1.54, 1.807) is 0 Å². The minimum atomic E-state index is -1.51. The molecule has 0 heterocycles. The number of aliphatic hydroxyl groups excluding tert-OH is 1. The number of methoxy groups -OCH3 is 3. The average molecular weight is 333 g/mol. The highest BCUT2D eigenvalue weighted by Crippen LogP contribution is 1.98. The Morgan fingerprint density at radius 1 is 1.00 bits per heavy atom. The van der Waals surface area contributed by atoms with Crippen LogP contribution in [0, 0.1) is 0 Å². The summed E-state index contributed by atoms with van der Waals surface area (Å²) in [5, 5.41) is 9.79. The Labute approximate surface area is 134 Å². The normalized spacial score (nSPS) is 12.0. The lowest BCUT2D eigenvalue weighted by Gasteiger charge is -2.24. The lowest BCUT2D eigenvalue weighted by Crippen LogP contribution is -2.44. The van der Waals surface area contributed by atoms with Crippen LogP contribution in [0.1, 0.15) is 0 Å². The van der Waals surface area contributed by atoms with Gasteiger partial charge in [-0.2, -0.15) is 0 Å². The molecule has 0 radical (unpaired) electrons. The second-order valence-electron chi connectivity index (χ2n) is 4.31. The summed E-state index contributed by atoms with van der Waals surface area (Å²) < 4.78 is 18.8. The number of aliphatic hydroxyl groups is 1. The number of carbonyl (C=O) groups excluding carboxylic acids is 3. The molecule has 23 heavy (non-hydrogen) atoms. The van der Waals surface area contributed by atoms with Gasteiger partial charge < -0.3 is 29.0 Å². The number of hydrogen-bond donors (Lipinski definition) is 1.